The van der Waals surface area contributed by atoms with Crippen LogP contribution in [0.1, 0.15) is 31.7 Å². The Morgan fingerprint density at radius 3 is 2.55 bits per heavy atom. The normalized spacial score (nSPS) is 14.0. The minimum absolute atomic E-state index is 0.209. The highest BCUT2D eigenvalue weighted by Gasteiger charge is 2.22. The molecular formula is C22H22N6O3. The fraction of sp³-hybridized carbons (Fsp3) is 0.318. The van der Waals surface area contributed by atoms with Crippen molar-refractivity contribution in [2.45, 2.75) is 45.4 Å². The third kappa shape index (κ3) is 3.52. The van der Waals surface area contributed by atoms with E-state index in [1.165, 1.54) is 11.0 Å². The van der Waals surface area contributed by atoms with Crippen LogP contribution in [0.2, 0.25) is 0 Å². The fourth-order valence-corrected chi connectivity index (χ4v) is 3.73. The van der Waals surface area contributed by atoms with Crippen molar-refractivity contribution in [1.29, 1.82) is 0 Å². The molecule has 1 aliphatic rings. The summed E-state index contributed by atoms with van der Waals surface area (Å²) in [7, 11) is 0. The topological polar surface area (TPSA) is 108 Å². The molecule has 1 aliphatic carbocycles. The van der Waals surface area contributed by atoms with Crippen molar-refractivity contribution in [3.8, 4) is 17.4 Å². The molecule has 9 nitrogen and oxygen atoms in total. The van der Waals surface area contributed by atoms with Gasteiger partial charge in [-0.05, 0) is 31.7 Å². The van der Waals surface area contributed by atoms with E-state index in [1.807, 2.05) is 37.3 Å². The van der Waals surface area contributed by atoms with E-state index in [-0.39, 0.29) is 6.10 Å². The summed E-state index contributed by atoms with van der Waals surface area (Å²) in [5.74, 6) is 0.947. The molecule has 3 aromatic heterocycles. The lowest BCUT2D eigenvalue weighted by Crippen LogP contribution is -2.30. The van der Waals surface area contributed by atoms with Gasteiger partial charge in [-0.25, -0.2) is 19.7 Å². The number of aryl methyl sites for hydroxylation is 1. The lowest BCUT2D eigenvalue weighted by Gasteiger charge is -2.25. The number of imidazole rings is 1. The second-order valence-corrected chi connectivity index (χ2v) is 7.59. The van der Waals surface area contributed by atoms with Gasteiger partial charge in [-0.2, -0.15) is 0 Å². The highest BCUT2D eigenvalue weighted by atomic mass is 16.5. The number of rotatable bonds is 6. The fourth-order valence-electron chi connectivity index (χ4n) is 3.73. The maximum atomic E-state index is 12.8. The van der Waals surface area contributed by atoms with Gasteiger partial charge in [0.05, 0.1) is 12.4 Å². The van der Waals surface area contributed by atoms with Gasteiger partial charge in [0.2, 0.25) is 5.88 Å². The van der Waals surface area contributed by atoms with E-state index in [0.717, 1.165) is 18.4 Å². The molecular weight excluding hydrogens is 396 g/mol. The first-order chi connectivity index (χ1) is 15.1. The molecule has 0 bridgehead atoms. The minimum atomic E-state index is -0.480. The highest BCUT2D eigenvalue weighted by Crippen LogP contribution is 2.26. The largest absolute Gasteiger partial charge is 0.473 e. The van der Waals surface area contributed by atoms with Crippen LogP contribution in [0.4, 0.5) is 0 Å². The maximum absolute atomic E-state index is 12.8. The summed E-state index contributed by atoms with van der Waals surface area (Å²) >= 11 is 0. The van der Waals surface area contributed by atoms with E-state index in [9.17, 15) is 9.59 Å². The van der Waals surface area contributed by atoms with Crippen LogP contribution in [0, 0.1) is 0 Å². The summed E-state index contributed by atoms with van der Waals surface area (Å²) in [5, 5.41) is 0. The first-order valence-corrected chi connectivity index (χ1v) is 10.4. The van der Waals surface area contributed by atoms with Crippen molar-refractivity contribution >= 4 is 11.2 Å². The number of nitrogens with one attached hydrogen (secondary N) is 1. The number of hydrogen-bond donors (Lipinski definition) is 1. The molecule has 0 spiro atoms. The highest BCUT2D eigenvalue weighted by molar-refractivity contribution is 5.76. The Morgan fingerprint density at radius 1 is 1.10 bits per heavy atom. The maximum Gasteiger partial charge on any atom is 0.330 e. The molecule has 0 saturated heterocycles. The van der Waals surface area contributed by atoms with Gasteiger partial charge in [-0.3, -0.25) is 14.3 Å². The average Bonchev–Trinajstić information content (AvgIpc) is 3.11. The number of aromatic amines is 1. The zero-order chi connectivity index (χ0) is 21.4. The Kier molecular flexibility index (Phi) is 4.85. The van der Waals surface area contributed by atoms with Crippen molar-refractivity contribution in [3.63, 3.8) is 0 Å². The summed E-state index contributed by atoms with van der Waals surface area (Å²) < 4.78 is 9.03. The average molecular weight is 418 g/mol. The van der Waals surface area contributed by atoms with Crippen LogP contribution in [-0.4, -0.2) is 35.2 Å². The minimum Gasteiger partial charge on any atom is -0.473 e. The number of hydrogen-bond acceptors (Lipinski definition) is 6. The molecule has 0 radical (unpaired) electrons. The zero-order valence-corrected chi connectivity index (χ0v) is 17.1. The monoisotopic (exact) mass is 418 g/mol. The van der Waals surface area contributed by atoms with E-state index >= 15 is 0 Å². The molecule has 4 aromatic rings. The number of benzene rings is 1. The van der Waals surface area contributed by atoms with Crippen LogP contribution in [-0.2, 0) is 13.1 Å². The zero-order valence-electron chi connectivity index (χ0n) is 17.1. The number of aromatic nitrogens is 6. The Bertz CT molecular complexity index is 1330. The molecule has 1 N–H and O–H groups in total. The summed E-state index contributed by atoms with van der Waals surface area (Å²) in [6.45, 7) is 2.62. The third-order valence-electron chi connectivity index (χ3n) is 5.58. The molecule has 3 heterocycles. The third-order valence-corrected chi connectivity index (χ3v) is 5.58. The van der Waals surface area contributed by atoms with Crippen LogP contribution >= 0.6 is 0 Å². The number of fused-ring (bicyclic) bond motifs is 1. The van der Waals surface area contributed by atoms with Gasteiger partial charge < -0.3 is 9.30 Å². The quantitative estimate of drug-likeness (QED) is 0.515. The van der Waals surface area contributed by atoms with E-state index in [1.54, 1.807) is 17.0 Å². The smallest absolute Gasteiger partial charge is 0.330 e. The van der Waals surface area contributed by atoms with Crippen molar-refractivity contribution < 1.29 is 4.74 Å². The van der Waals surface area contributed by atoms with E-state index in [4.69, 9.17) is 4.74 Å². The number of ether oxygens (including phenoxy) is 1. The van der Waals surface area contributed by atoms with Crippen LogP contribution in [0.15, 0.2) is 52.3 Å². The van der Waals surface area contributed by atoms with Crippen LogP contribution in [0.5, 0.6) is 5.88 Å². The van der Waals surface area contributed by atoms with Gasteiger partial charge in [0.1, 0.15) is 11.8 Å². The Hall–Kier alpha value is -3.75. The van der Waals surface area contributed by atoms with E-state index in [2.05, 4.69) is 19.9 Å². The molecule has 0 atom stereocenters. The van der Waals surface area contributed by atoms with Crippen molar-refractivity contribution in [1.82, 2.24) is 29.1 Å². The molecule has 5 rings (SSSR count). The first-order valence-electron chi connectivity index (χ1n) is 10.4. The van der Waals surface area contributed by atoms with Gasteiger partial charge in [0.25, 0.3) is 5.56 Å². The molecule has 0 amide bonds. The number of H-pyrrole nitrogens is 1. The molecule has 1 aromatic carbocycles. The number of nitrogens with zero attached hydrogens (tertiary/aromatic N) is 5. The second kappa shape index (κ2) is 7.82. The summed E-state index contributed by atoms with van der Waals surface area (Å²) in [4.78, 5) is 41.0. The lowest BCUT2D eigenvalue weighted by atomic mass is 9.96. The van der Waals surface area contributed by atoms with Crippen molar-refractivity contribution in [3.05, 3.63) is 69.1 Å². The predicted octanol–water partition coefficient (Wildman–Crippen LogP) is 2.34. The van der Waals surface area contributed by atoms with Gasteiger partial charge in [-0.15, -0.1) is 0 Å². The van der Waals surface area contributed by atoms with Gasteiger partial charge in [-0.1, -0.05) is 30.3 Å². The van der Waals surface area contributed by atoms with Gasteiger partial charge in [0.15, 0.2) is 17.0 Å². The molecule has 1 fully saturated rings. The summed E-state index contributed by atoms with van der Waals surface area (Å²) in [6.07, 6.45) is 6.63. The first kappa shape index (κ1) is 19.2. The lowest BCUT2D eigenvalue weighted by molar-refractivity contribution is 0.114. The van der Waals surface area contributed by atoms with E-state index in [0.29, 0.717) is 41.7 Å². The molecule has 0 aliphatic heterocycles. The Morgan fingerprint density at radius 2 is 1.90 bits per heavy atom. The Balaban J connectivity index is 1.65. The van der Waals surface area contributed by atoms with Crippen LogP contribution in [0.3, 0.4) is 0 Å². The molecule has 158 valence electrons. The van der Waals surface area contributed by atoms with Gasteiger partial charge >= 0.3 is 5.69 Å². The van der Waals surface area contributed by atoms with Crippen molar-refractivity contribution in [2.24, 2.45) is 0 Å². The van der Waals surface area contributed by atoms with Crippen LogP contribution in [0.25, 0.3) is 22.7 Å². The SMILES string of the molecule is CCn1c(=O)[nH]c(=O)c2c1nc(-c1cnc(OC3CCC3)cn1)n2Cc1ccccc1. The molecule has 9 heteroatoms. The standard InChI is InChI=1S/C22H22N6O3/c1-2-27-20-18(21(29)26-22(27)30)28(13-14-7-4-3-5-8-14)19(25-20)16-11-24-17(12-23-16)31-15-9-6-10-15/h3-5,7-8,11-12,15H,2,6,9-10,13H2,1H3,(H,26,29,30). The van der Waals surface area contributed by atoms with Crippen LogP contribution < -0.4 is 16.0 Å². The van der Waals surface area contributed by atoms with Crippen molar-refractivity contribution in [2.75, 3.05) is 0 Å². The van der Waals surface area contributed by atoms with Gasteiger partial charge in [0, 0.05) is 13.1 Å². The molecule has 31 heavy (non-hydrogen) atoms. The summed E-state index contributed by atoms with van der Waals surface area (Å²) in [5.41, 5.74) is 1.20. The molecule has 0 unspecified atom stereocenters. The summed E-state index contributed by atoms with van der Waals surface area (Å²) in [6, 6.07) is 9.76. The van der Waals surface area contributed by atoms with E-state index < -0.39 is 11.2 Å². The Labute approximate surface area is 177 Å². The second-order valence-electron chi connectivity index (χ2n) is 7.59. The molecule has 1 saturated carbocycles. The predicted molar refractivity (Wildman–Crippen MR) is 115 cm³/mol.